The molecule has 4 nitrogen and oxygen atoms in total. The predicted molar refractivity (Wildman–Crippen MR) is 135 cm³/mol. The van der Waals surface area contributed by atoms with Crippen LogP contribution in [0.1, 0.15) is 23.5 Å². The number of carbonyl (C=O) groups is 1. The molecule has 3 aromatic carbocycles. The number of hydrogen-bond acceptors (Lipinski definition) is 4. The quantitative estimate of drug-likeness (QED) is 0.316. The number of nitrogens with two attached hydrogens (primary N) is 1. The zero-order valence-corrected chi connectivity index (χ0v) is 18.8. The maximum atomic E-state index is 13.7. The molecule has 5 heteroatoms. The molecule has 0 atom stereocenters. The monoisotopic (exact) mass is 437 g/mol. The summed E-state index contributed by atoms with van der Waals surface area (Å²) in [6.07, 6.45) is 1.81. The van der Waals surface area contributed by atoms with E-state index in [1.807, 2.05) is 91.7 Å². The van der Waals surface area contributed by atoms with E-state index in [1.54, 1.807) is 0 Å². The summed E-state index contributed by atoms with van der Waals surface area (Å²) in [5.74, 6) is -0.0229. The molecule has 1 amide bonds. The Morgan fingerprint density at radius 1 is 0.938 bits per heavy atom. The van der Waals surface area contributed by atoms with E-state index >= 15 is 0 Å². The van der Waals surface area contributed by atoms with Crippen molar-refractivity contribution in [1.29, 1.82) is 0 Å². The predicted octanol–water partition coefficient (Wildman–Crippen LogP) is 6.75. The number of anilines is 2. The lowest BCUT2D eigenvalue weighted by molar-refractivity contribution is 0.0984. The molecule has 5 aromatic rings. The summed E-state index contributed by atoms with van der Waals surface area (Å²) in [5.41, 5.74) is 9.75. The fraction of sp³-hybridized carbons (Fsp3) is 0.111. The highest BCUT2D eigenvalue weighted by atomic mass is 32.1. The highest BCUT2D eigenvalue weighted by Gasteiger charge is 2.24. The van der Waals surface area contributed by atoms with Gasteiger partial charge in [-0.1, -0.05) is 42.5 Å². The van der Waals surface area contributed by atoms with Crippen molar-refractivity contribution in [1.82, 2.24) is 4.98 Å². The Bertz CT molecular complexity index is 1440. The molecular weight excluding hydrogens is 414 g/mol. The molecule has 2 N–H and O–H groups in total. The van der Waals surface area contributed by atoms with Crippen molar-refractivity contribution in [2.75, 3.05) is 10.6 Å². The molecule has 0 aliphatic carbocycles. The van der Waals surface area contributed by atoms with Gasteiger partial charge in [-0.15, -0.1) is 11.3 Å². The van der Waals surface area contributed by atoms with E-state index in [0.29, 0.717) is 10.6 Å². The molecule has 0 bridgehead atoms. The first kappa shape index (κ1) is 20.2. The Morgan fingerprint density at radius 2 is 1.72 bits per heavy atom. The molecule has 0 fully saturated rings. The van der Waals surface area contributed by atoms with Crippen molar-refractivity contribution in [3.05, 3.63) is 89.9 Å². The van der Waals surface area contributed by atoms with Gasteiger partial charge in [0.2, 0.25) is 0 Å². The van der Waals surface area contributed by atoms with Gasteiger partial charge in [0.1, 0.15) is 4.83 Å². The van der Waals surface area contributed by atoms with Crippen molar-refractivity contribution in [3.8, 4) is 11.1 Å². The maximum Gasteiger partial charge on any atom is 0.268 e. The molecule has 0 radical (unpaired) electrons. The van der Waals surface area contributed by atoms with Crippen LogP contribution in [0.25, 0.3) is 32.1 Å². The molecule has 2 heterocycles. The van der Waals surface area contributed by atoms with Crippen LogP contribution in [0.15, 0.2) is 85.1 Å². The van der Waals surface area contributed by atoms with Crippen LogP contribution in [0.4, 0.5) is 11.4 Å². The average molecular weight is 438 g/mol. The van der Waals surface area contributed by atoms with Crippen LogP contribution >= 0.6 is 11.3 Å². The first-order chi connectivity index (χ1) is 15.5. The second kappa shape index (κ2) is 8.09. The molecule has 0 saturated carbocycles. The van der Waals surface area contributed by atoms with E-state index in [1.165, 1.54) is 11.3 Å². The third-order valence-corrected chi connectivity index (χ3v) is 6.62. The number of nitrogen functional groups attached to an aromatic ring is 1. The molecule has 32 heavy (non-hydrogen) atoms. The average Bonchev–Trinajstić information content (AvgIpc) is 3.24. The Labute approximate surface area is 190 Å². The number of carbonyl (C=O) groups excluding carboxylic acids is 1. The Morgan fingerprint density at radius 3 is 2.50 bits per heavy atom. The smallest absolute Gasteiger partial charge is 0.268 e. The number of benzene rings is 3. The van der Waals surface area contributed by atoms with Crippen molar-refractivity contribution in [3.63, 3.8) is 0 Å². The molecule has 0 aliphatic heterocycles. The van der Waals surface area contributed by atoms with Crippen LogP contribution < -0.4 is 10.6 Å². The molecule has 158 valence electrons. The van der Waals surface area contributed by atoms with Gasteiger partial charge < -0.3 is 10.6 Å². The van der Waals surface area contributed by atoms with E-state index in [0.717, 1.165) is 37.8 Å². The SMILES string of the molecule is CC(C)N(C(=O)c1cc2c(-c3ccccc3)ccnc2s1)c1ccc2ccc(N)cc2c1. The minimum Gasteiger partial charge on any atom is -0.399 e. The fourth-order valence-corrected chi connectivity index (χ4v) is 5.05. The number of thiophene rings is 1. The third kappa shape index (κ3) is 3.61. The van der Waals surface area contributed by atoms with Gasteiger partial charge in [-0.2, -0.15) is 0 Å². The summed E-state index contributed by atoms with van der Waals surface area (Å²) in [5, 5.41) is 3.12. The number of aromatic nitrogens is 1. The zero-order chi connectivity index (χ0) is 22.2. The molecule has 0 saturated heterocycles. The number of fused-ring (bicyclic) bond motifs is 2. The van der Waals surface area contributed by atoms with Gasteiger partial charge >= 0.3 is 0 Å². The van der Waals surface area contributed by atoms with E-state index < -0.39 is 0 Å². The largest absolute Gasteiger partial charge is 0.399 e. The Balaban J connectivity index is 1.58. The highest BCUT2D eigenvalue weighted by molar-refractivity contribution is 7.20. The summed E-state index contributed by atoms with van der Waals surface area (Å²) in [4.78, 5) is 21.6. The van der Waals surface area contributed by atoms with Gasteiger partial charge in [0, 0.05) is 29.0 Å². The first-order valence-corrected chi connectivity index (χ1v) is 11.4. The first-order valence-electron chi connectivity index (χ1n) is 10.6. The van der Waals surface area contributed by atoms with Crippen molar-refractivity contribution in [2.24, 2.45) is 0 Å². The van der Waals surface area contributed by atoms with Crippen molar-refractivity contribution in [2.45, 2.75) is 19.9 Å². The van der Waals surface area contributed by atoms with Crippen LogP contribution in [0.3, 0.4) is 0 Å². The third-order valence-electron chi connectivity index (χ3n) is 5.59. The van der Waals surface area contributed by atoms with E-state index in [4.69, 9.17) is 5.73 Å². The lowest BCUT2D eigenvalue weighted by Gasteiger charge is -2.26. The van der Waals surface area contributed by atoms with Gasteiger partial charge in [0.25, 0.3) is 5.91 Å². The van der Waals surface area contributed by atoms with Gasteiger partial charge in [-0.05, 0) is 72.1 Å². The zero-order valence-electron chi connectivity index (χ0n) is 17.9. The number of pyridine rings is 1. The van der Waals surface area contributed by atoms with Crippen LogP contribution in [0.5, 0.6) is 0 Å². The topological polar surface area (TPSA) is 59.2 Å². The Kier molecular flexibility index (Phi) is 5.11. The molecule has 0 unspecified atom stereocenters. The lowest BCUT2D eigenvalue weighted by atomic mass is 10.0. The number of nitrogens with zero attached hydrogens (tertiary/aromatic N) is 2. The standard InChI is InChI=1S/C27H23N3OS/c1-17(2)30(22-11-9-18-8-10-21(28)14-20(18)15-22)27(31)25-16-24-23(12-13-29-26(24)32-25)19-6-4-3-5-7-19/h3-17H,28H2,1-2H3. The second-order valence-corrected chi connectivity index (χ2v) is 9.14. The highest BCUT2D eigenvalue weighted by Crippen LogP contribution is 2.34. The van der Waals surface area contributed by atoms with E-state index in [9.17, 15) is 4.79 Å². The van der Waals surface area contributed by atoms with Gasteiger partial charge in [0.05, 0.1) is 4.88 Å². The van der Waals surface area contributed by atoms with Crippen molar-refractivity contribution >= 4 is 49.6 Å². The fourth-order valence-electron chi connectivity index (χ4n) is 4.09. The van der Waals surface area contributed by atoms with Crippen molar-refractivity contribution < 1.29 is 4.79 Å². The molecular formula is C27H23N3OS. The molecule has 0 spiro atoms. The Hall–Kier alpha value is -3.70. The van der Waals surface area contributed by atoms with Crippen LogP contribution in [-0.2, 0) is 0 Å². The molecule has 5 rings (SSSR count). The van der Waals surface area contributed by atoms with Crippen LogP contribution in [0, 0.1) is 0 Å². The van der Waals surface area contributed by atoms with Gasteiger partial charge in [0.15, 0.2) is 0 Å². The molecule has 2 aromatic heterocycles. The van der Waals surface area contributed by atoms with Gasteiger partial charge in [-0.3, -0.25) is 4.79 Å². The summed E-state index contributed by atoms with van der Waals surface area (Å²) in [7, 11) is 0. The van der Waals surface area contributed by atoms with E-state index in [2.05, 4.69) is 17.1 Å². The van der Waals surface area contributed by atoms with Gasteiger partial charge in [-0.25, -0.2) is 4.98 Å². The van der Waals surface area contributed by atoms with Crippen LogP contribution in [-0.4, -0.2) is 16.9 Å². The molecule has 0 aliphatic rings. The number of hydrogen-bond donors (Lipinski definition) is 1. The summed E-state index contributed by atoms with van der Waals surface area (Å²) >= 11 is 1.44. The maximum absolute atomic E-state index is 13.7. The summed E-state index contributed by atoms with van der Waals surface area (Å²) < 4.78 is 0. The minimum atomic E-state index is -0.0229. The second-order valence-electron chi connectivity index (χ2n) is 8.11. The number of rotatable bonds is 4. The summed E-state index contributed by atoms with van der Waals surface area (Å²) in [6, 6.07) is 26.1. The number of amides is 1. The van der Waals surface area contributed by atoms with E-state index in [-0.39, 0.29) is 11.9 Å². The minimum absolute atomic E-state index is 0.00669. The lowest BCUT2D eigenvalue weighted by Crippen LogP contribution is -2.36. The normalized spacial score (nSPS) is 11.3. The van der Waals surface area contributed by atoms with Crippen LogP contribution in [0.2, 0.25) is 0 Å². The summed E-state index contributed by atoms with van der Waals surface area (Å²) in [6.45, 7) is 4.06.